The molecule has 0 aromatic heterocycles. The summed E-state index contributed by atoms with van der Waals surface area (Å²) in [7, 11) is 0. The van der Waals surface area contributed by atoms with Crippen molar-refractivity contribution in [1.29, 1.82) is 0 Å². The Morgan fingerprint density at radius 2 is 0.712 bits per heavy atom. The van der Waals surface area contributed by atoms with Crippen LogP contribution in [0.5, 0.6) is 0 Å². The molecule has 0 saturated heterocycles. The van der Waals surface area contributed by atoms with Crippen LogP contribution in [0.25, 0.3) is 0 Å². The molecule has 0 bridgehead atoms. The summed E-state index contributed by atoms with van der Waals surface area (Å²) in [5.74, 6) is -0.0796. The predicted octanol–water partition coefficient (Wildman–Crippen LogP) is 16.6. The van der Waals surface area contributed by atoms with Gasteiger partial charge in [0.25, 0.3) is 0 Å². The Balaban J connectivity index is 3.58. The molecule has 0 spiro atoms. The van der Waals surface area contributed by atoms with Crippen LogP contribution in [-0.4, -0.2) is 34.9 Å². The fourth-order valence-electron chi connectivity index (χ4n) is 7.45. The van der Waals surface area contributed by atoms with Gasteiger partial charge < -0.3 is 15.5 Å². The third-order valence-electron chi connectivity index (χ3n) is 11.4. The molecule has 4 nitrogen and oxygen atoms in total. The molecule has 0 aliphatic rings. The van der Waals surface area contributed by atoms with Crippen LogP contribution in [0.2, 0.25) is 0 Å². The van der Waals surface area contributed by atoms with E-state index >= 15 is 0 Å². The number of carbonyl (C=O) groups excluding carboxylic acids is 1. The minimum atomic E-state index is -0.873. The summed E-state index contributed by atoms with van der Waals surface area (Å²) in [6.45, 7) is 4.28. The van der Waals surface area contributed by atoms with E-state index < -0.39 is 12.1 Å². The van der Waals surface area contributed by atoms with Gasteiger partial charge in [0.1, 0.15) is 0 Å². The Morgan fingerprint density at radius 1 is 0.407 bits per heavy atom. The third-order valence-corrected chi connectivity index (χ3v) is 11.4. The summed E-state index contributed by atoms with van der Waals surface area (Å²) in [5, 5.41) is 23.1. The topological polar surface area (TPSA) is 69.6 Å². The second-order valence-corrected chi connectivity index (χ2v) is 17.2. The first-order chi connectivity index (χ1) is 29.2. The Morgan fingerprint density at radius 3 is 1.10 bits per heavy atom. The number of amides is 1. The van der Waals surface area contributed by atoms with Gasteiger partial charge in [0.15, 0.2) is 0 Å². The number of nitrogens with one attached hydrogen (secondary N) is 1. The SMILES string of the molecule is CCCCCCC/C=C\C/C=C\C/C=C\CCCCCCCCCCCCCCCCC(=O)NC(CO)C(O)/C=C/CC/C=C/CC/C=C/CCCCCCCCCC. The van der Waals surface area contributed by atoms with Crippen molar-refractivity contribution in [2.45, 2.75) is 264 Å². The average Bonchev–Trinajstić information content (AvgIpc) is 3.24. The fourth-order valence-corrected chi connectivity index (χ4v) is 7.45. The van der Waals surface area contributed by atoms with E-state index in [9.17, 15) is 15.0 Å². The van der Waals surface area contributed by atoms with E-state index in [2.05, 4.69) is 79.9 Å². The van der Waals surface area contributed by atoms with E-state index in [0.29, 0.717) is 6.42 Å². The van der Waals surface area contributed by atoms with E-state index in [1.165, 1.54) is 180 Å². The molecule has 0 aromatic carbocycles. The van der Waals surface area contributed by atoms with Gasteiger partial charge in [-0.25, -0.2) is 0 Å². The van der Waals surface area contributed by atoms with Crippen LogP contribution < -0.4 is 5.32 Å². The van der Waals surface area contributed by atoms with Crippen LogP contribution >= 0.6 is 0 Å². The molecule has 0 saturated carbocycles. The van der Waals surface area contributed by atoms with Crippen molar-refractivity contribution in [2.75, 3.05) is 6.61 Å². The molecule has 2 unspecified atom stereocenters. The van der Waals surface area contributed by atoms with Gasteiger partial charge in [0.2, 0.25) is 5.91 Å². The maximum atomic E-state index is 12.4. The highest BCUT2D eigenvalue weighted by atomic mass is 16.3. The zero-order valence-electron chi connectivity index (χ0n) is 39.3. The molecule has 0 aliphatic carbocycles. The molecule has 4 heteroatoms. The number of aliphatic hydroxyl groups is 2. The molecule has 1 amide bonds. The lowest BCUT2D eigenvalue weighted by Crippen LogP contribution is -2.45. The molecule has 59 heavy (non-hydrogen) atoms. The Hall–Kier alpha value is -2.17. The standard InChI is InChI=1S/C55H99NO3/c1-3-5-7-9-11-13-15-17-19-21-23-24-25-26-27-28-29-30-31-32-33-35-37-39-41-43-45-47-49-51-55(59)56-53(52-57)54(58)50-48-46-44-42-40-38-36-34-22-20-18-16-14-12-10-8-6-4-2/h15,17,21-23,25-26,34,40,42,48,50,53-54,57-58H,3-14,16,18-20,24,27-33,35-39,41,43-47,49,51-52H2,1-2H3,(H,56,59)/b17-15-,23-21-,26-25-,34-22+,42-40+,50-48+. The summed E-state index contributed by atoms with van der Waals surface area (Å²) < 4.78 is 0. The van der Waals surface area contributed by atoms with Crippen LogP contribution in [0, 0.1) is 0 Å². The first-order valence-electron chi connectivity index (χ1n) is 25.7. The number of carbonyl (C=O) groups is 1. The van der Waals surface area contributed by atoms with Crippen LogP contribution in [0.4, 0.5) is 0 Å². The zero-order chi connectivity index (χ0) is 42.8. The van der Waals surface area contributed by atoms with Crippen LogP contribution in [0.3, 0.4) is 0 Å². The predicted molar refractivity (Wildman–Crippen MR) is 262 cm³/mol. The molecule has 0 aliphatic heterocycles. The van der Waals surface area contributed by atoms with Gasteiger partial charge >= 0.3 is 0 Å². The molecule has 0 fully saturated rings. The van der Waals surface area contributed by atoms with Crippen molar-refractivity contribution < 1.29 is 15.0 Å². The van der Waals surface area contributed by atoms with Crippen molar-refractivity contribution in [3.63, 3.8) is 0 Å². The smallest absolute Gasteiger partial charge is 0.220 e. The van der Waals surface area contributed by atoms with E-state index in [1.54, 1.807) is 6.08 Å². The van der Waals surface area contributed by atoms with Crippen molar-refractivity contribution >= 4 is 5.91 Å². The van der Waals surface area contributed by atoms with Gasteiger partial charge in [-0.2, -0.15) is 0 Å². The first-order valence-corrected chi connectivity index (χ1v) is 25.7. The molecular weight excluding hydrogens is 723 g/mol. The summed E-state index contributed by atoms with van der Waals surface area (Å²) in [5.41, 5.74) is 0. The maximum absolute atomic E-state index is 12.4. The lowest BCUT2D eigenvalue weighted by molar-refractivity contribution is -0.123. The van der Waals surface area contributed by atoms with E-state index in [-0.39, 0.29) is 12.5 Å². The van der Waals surface area contributed by atoms with Gasteiger partial charge in [-0.05, 0) is 83.5 Å². The van der Waals surface area contributed by atoms with Crippen molar-refractivity contribution in [1.82, 2.24) is 5.32 Å². The highest BCUT2D eigenvalue weighted by molar-refractivity contribution is 5.76. The number of unbranched alkanes of at least 4 members (excludes halogenated alkanes) is 29. The quantitative estimate of drug-likeness (QED) is 0.0423. The van der Waals surface area contributed by atoms with Crippen molar-refractivity contribution in [3.8, 4) is 0 Å². The van der Waals surface area contributed by atoms with E-state index in [1.807, 2.05) is 6.08 Å². The van der Waals surface area contributed by atoms with E-state index in [0.717, 1.165) is 51.4 Å². The highest BCUT2D eigenvalue weighted by Gasteiger charge is 2.17. The number of allylic oxidation sites excluding steroid dienone is 11. The maximum Gasteiger partial charge on any atom is 0.220 e. The molecule has 0 aromatic rings. The Bertz CT molecular complexity index is 1020. The van der Waals surface area contributed by atoms with Gasteiger partial charge in [0.05, 0.1) is 18.8 Å². The fraction of sp³-hybridized carbons (Fsp3) is 0.764. The lowest BCUT2D eigenvalue weighted by Gasteiger charge is -2.19. The normalized spacial score (nSPS) is 13.5. The molecule has 342 valence electrons. The number of hydrogen-bond donors (Lipinski definition) is 3. The van der Waals surface area contributed by atoms with Crippen LogP contribution in [0.15, 0.2) is 72.9 Å². The second kappa shape index (κ2) is 50.2. The van der Waals surface area contributed by atoms with E-state index in [4.69, 9.17) is 0 Å². The van der Waals surface area contributed by atoms with Gasteiger partial charge in [-0.15, -0.1) is 0 Å². The van der Waals surface area contributed by atoms with Crippen molar-refractivity contribution in [3.05, 3.63) is 72.9 Å². The average molecular weight is 822 g/mol. The lowest BCUT2D eigenvalue weighted by atomic mass is 10.0. The third kappa shape index (κ3) is 46.7. The van der Waals surface area contributed by atoms with Crippen LogP contribution in [-0.2, 0) is 4.79 Å². The minimum Gasteiger partial charge on any atom is -0.394 e. The van der Waals surface area contributed by atoms with Gasteiger partial charge in [-0.3, -0.25) is 4.79 Å². The first kappa shape index (κ1) is 56.8. The van der Waals surface area contributed by atoms with Gasteiger partial charge in [0, 0.05) is 6.42 Å². The second-order valence-electron chi connectivity index (χ2n) is 17.2. The molecule has 2 atom stereocenters. The Kier molecular flexibility index (Phi) is 48.3. The molecule has 0 heterocycles. The minimum absolute atomic E-state index is 0.0796. The highest BCUT2D eigenvalue weighted by Crippen LogP contribution is 2.15. The largest absolute Gasteiger partial charge is 0.394 e. The number of rotatable bonds is 46. The van der Waals surface area contributed by atoms with Crippen molar-refractivity contribution in [2.24, 2.45) is 0 Å². The summed E-state index contributed by atoms with van der Waals surface area (Å²) in [6, 6.07) is -0.649. The van der Waals surface area contributed by atoms with Crippen LogP contribution in [0.1, 0.15) is 251 Å². The molecule has 3 N–H and O–H groups in total. The Labute approximate surface area is 368 Å². The summed E-state index contributed by atoms with van der Waals surface area (Å²) in [6.07, 6.45) is 71.8. The molecule has 0 rings (SSSR count). The summed E-state index contributed by atoms with van der Waals surface area (Å²) in [4.78, 5) is 12.4. The number of hydrogen-bond acceptors (Lipinski definition) is 3. The molecule has 0 radical (unpaired) electrons. The monoisotopic (exact) mass is 822 g/mol. The molecular formula is C55H99NO3. The zero-order valence-corrected chi connectivity index (χ0v) is 39.3. The number of aliphatic hydroxyl groups excluding tert-OH is 2. The van der Waals surface area contributed by atoms with Gasteiger partial charge in [-0.1, -0.05) is 234 Å². The summed E-state index contributed by atoms with van der Waals surface area (Å²) >= 11 is 0.